The average molecular weight is 623 g/mol. The van der Waals surface area contributed by atoms with Crippen LogP contribution in [0, 0.1) is 0 Å². The second-order valence-corrected chi connectivity index (χ2v) is 10.2. The van der Waals surface area contributed by atoms with E-state index in [9.17, 15) is 4.79 Å². The second kappa shape index (κ2) is 12.2. The van der Waals surface area contributed by atoms with Crippen molar-refractivity contribution in [2.45, 2.75) is 26.3 Å². The molecule has 0 fully saturated rings. The van der Waals surface area contributed by atoms with Gasteiger partial charge in [-0.3, -0.25) is 0 Å². The number of para-hydroxylation sites is 1. The number of nitrogens with zero attached hydrogens (tertiary/aromatic N) is 1. The van der Waals surface area contributed by atoms with Gasteiger partial charge >= 0.3 is 6.16 Å². The predicted molar refractivity (Wildman–Crippen MR) is 160 cm³/mol. The molecule has 1 aliphatic heterocycles. The lowest BCUT2D eigenvalue weighted by Gasteiger charge is -2.23. The summed E-state index contributed by atoms with van der Waals surface area (Å²) in [4.78, 5) is 12.4. The summed E-state index contributed by atoms with van der Waals surface area (Å²) in [5.41, 5.74) is 7.05. The summed E-state index contributed by atoms with van der Waals surface area (Å²) in [6.45, 7) is 2.71. The summed E-state index contributed by atoms with van der Waals surface area (Å²) in [7, 11) is 6.53. The van der Waals surface area contributed by atoms with Crippen LogP contribution in [0.5, 0.6) is 28.7 Å². The number of carbonyl (C=O) groups is 1. The Balaban J connectivity index is 1.76. The first-order valence-corrected chi connectivity index (χ1v) is 14.0. The van der Waals surface area contributed by atoms with Crippen molar-refractivity contribution >= 4 is 22.1 Å². The van der Waals surface area contributed by atoms with Crippen LogP contribution < -0.4 is 23.7 Å². The first-order chi connectivity index (χ1) is 19.9. The van der Waals surface area contributed by atoms with Crippen LogP contribution in [0.15, 0.2) is 59.2 Å². The maximum atomic E-state index is 12.4. The molecule has 8 nitrogen and oxygen atoms in total. The highest BCUT2D eigenvalue weighted by Crippen LogP contribution is 2.49. The lowest BCUT2D eigenvalue weighted by molar-refractivity contribution is 0.104. The third-order valence-corrected chi connectivity index (χ3v) is 8.04. The molecular weight excluding hydrogens is 590 g/mol. The molecule has 0 N–H and O–H groups in total. The lowest BCUT2D eigenvalue weighted by Crippen LogP contribution is -2.12. The molecule has 3 aromatic carbocycles. The number of ether oxygens (including phenoxy) is 6. The zero-order valence-corrected chi connectivity index (χ0v) is 25.3. The topological polar surface area (TPSA) is 77.4 Å². The van der Waals surface area contributed by atoms with Crippen LogP contribution in [0.2, 0.25) is 0 Å². The number of hydrogen-bond acceptors (Lipinski definition) is 7. The monoisotopic (exact) mass is 621 g/mol. The average Bonchev–Trinajstić information content (AvgIpc) is 3.27. The molecule has 1 aromatic heterocycles. The number of carbonyl (C=O) groups excluding carboxylic acids is 1. The van der Waals surface area contributed by atoms with Gasteiger partial charge in [-0.05, 0) is 76.3 Å². The standard InChI is InChI=1S/C32H32BrNO7/c1-6-40-32(35)41-24-10-8-7-9-21(24)29-23(15-19-11-12-25(36-2)26(16-19)37-3)30-22-18-28(39-5)27(38-4)17-20(22)13-14-34(30)31(29)33/h7-12,16-18H,6,13-15H2,1-5H3. The van der Waals surface area contributed by atoms with Gasteiger partial charge < -0.3 is 33.0 Å². The molecule has 0 amide bonds. The van der Waals surface area contributed by atoms with Crippen LogP contribution in [0.3, 0.4) is 0 Å². The van der Waals surface area contributed by atoms with Gasteiger partial charge in [-0.2, -0.15) is 0 Å². The van der Waals surface area contributed by atoms with Crippen LogP contribution in [-0.2, 0) is 24.1 Å². The predicted octanol–water partition coefficient (Wildman–Crippen LogP) is 7.30. The first-order valence-electron chi connectivity index (χ1n) is 13.2. The van der Waals surface area contributed by atoms with Gasteiger partial charge in [-0.15, -0.1) is 0 Å². The third kappa shape index (κ3) is 5.34. The Labute approximate surface area is 247 Å². The van der Waals surface area contributed by atoms with Crippen LogP contribution in [0.4, 0.5) is 4.79 Å². The number of aryl methyl sites for hydroxylation is 1. The van der Waals surface area contributed by atoms with Crippen LogP contribution in [0.25, 0.3) is 22.4 Å². The summed E-state index contributed by atoms with van der Waals surface area (Å²) < 4.78 is 36.3. The van der Waals surface area contributed by atoms with Gasteiger partial charge in [0.05, 0.1) is 45.3 Å². The molecule has 9 heteroatoms. The Morgan fingerprint density at radius 2 is 1.51 bits per heavy atom. The molecule has 0 saturated heterocycles. The summed E-state index contributed by atoms with van der Waals surface area (Å²) >= 11 is 3.93. The van der Waals surface area contributed by atoms with Crippen molar-refractivity contribution in [2.24, 2.45) is 0 Å². The highest BCUT2D eigenvalue weighted by molar-refractivity contribution is 9.10. The molecule has 214 valence electrons. The molecule has 41 heavy (non-hydrogen) atoms. The van der Waals surface area contributed by atoms with Gasteiger partial charge in [-0.25, -0.2) is 4.79 Å². The van der Waals surface area contributed by atoms with E-state index in [0.29, 0.717) is 35.2 Å². The number of aromatic nitrogens is 1. The van der Waals surface area contributed by atoms with Crippen molar-refractivity contribution in [3.8, 4) is 51.1 Å². The fourth-order valence-electron chi connectivity index (χ4n) is 5.38. The van der Waals surface area contributed by atoms with E-state index in [2.05, 4.69) is 26.6 Å². The van der Waals surface area contributed by atoms with Crippen LogP contribution >= 0.6 is 15.9 Å². The lowest BCUT2D eigenvalue weighted by atomic mass is 9.90. The van der Waals surface area contributed by atoms with Crippen LogP contribution in [0.1, 0.15) is 23.6 Å². The maximum absolute atomic E-state index is 12.4. The summed E-state index contributed by atoms with van der Waals surface area (Å²) in [5, 5.41) is 0. The van der Waals surface area contributed by atoms with E-state index in [1.807, 2.05) is 42.5 Å². The first kappa shape index (κ1) is 28.4. The second-order valence-electron chi connectivity index (χ2n) is 9.41. The summed E-state index contributed by atoms with van der Waals surface area (Å²) in [6, 6.07) is 17.5. The van der Waals surface area contributed by atoms with Gasteiger partial charge in [0.25, 0.3) is 0 Å². The molecule has 0 radical (unpaired) electrons. The Bertz CT molecular complexity index is 1590. The third-order valence-electron chi connectivity index (χ3n) is 7.21. The molecule has 2 heterocycles. The van der Waals surface area contributed by atoms with Gasteiger partial charge in [-0.1, -0.05) is 24.3 Å². The number of halogens is 1. The van der Waals surface area contributed by atoms with Gasteiger partial charge in [0.1, 0.15) is 5.75 Å². The van der Waals surface area contributed by atoms with Gasteiger partial charge in [0.15, 0.2) is 23.0 Å². The zero-order valence-electron chi connectivity index (χ0n) is 23.7. The molecule has 0 bridgehead atoms. The molecule has 0 atom stereocenters. The smallest absolute Gasteiger partial charge is 0.493 e. The fourth-order valence-corrected chi connectivity index (χ4v) is 6.18. The van der Waals surface area contributed by atoms with Gasteiger partial charge in [0, 0.05) is 29.7 Å². The van der Waals surface area contributed by atoms with E-state index >= 15 is 0 Å². The Hall–Kier alpha value is -4.11. The number of rotatable bonds is 9. The van der Waals surface area contributed by atoms with Crippen LogP contribution in [-0.4, -0.2) is 45.8 Å². The molecule has 5 rings (SSSR count). The number of fused-ring (bicyclic) bond motifs is 3. The molecule has 0 saturated carbocycles. The van der Waals surface area contributed by atoms with E-state index in [0.717, 1.165) is 56.6 Å². The molecule has 4 aromatic rings. The van der Waals surface area contributed by atoms with Crippen molar-refractivity contribution in [1.82, 2.24) is 4.57 Å². The Kier molecular flexibility index (Phi) is 8.44. The van der Waals surface area contributed by atoms with Crippen molar-refractivity contribution in [1.29, 1.82) is 0 Å². The van der Waals surface area contributed by atoms with E-state index in [4.69, 9.17) is 28.4 Å². The minimum absolute atomic E-state index is 0.220. The van der Waals surface area contributed by atoms with Crippen molar-refractivity contribution in [2.75, 3.05) is 35.0 Å². The molecule has 0 spiro atoms. The Morgan fingerprint density at radius 3 is 2.22 bits per heavy atom. The number of hydrogen-bond donors (Lipinski definition) is 0. The summed E-state index contributed by atoms with van der Waals surface area (Å²) in [6.07, 6.45) is 0.633. The van der Waals surface area contributed by atoms with Crippen molar-refractivity contribution in [3.05, 3.63) is 75.9 Å². The van der Waals surface area contributed by atoms with E-state index in [1.165, 1.54) is 0 Å². The van der Waals surface area contributed by atoms with Gasteiger partial charge in [0.2, 0.25) is 0 Å². The van der Waals surface area contributed by atoms with Crippen molar-refractivity contribution < 1.29 is 33.2 Å². The quantitative estimate of drug-likeness (QED) is 0.143. The number of benzene rings is 3. The van der Waals surface area contributed by atoms with E-state index in [1.54, 1.807) is 41.4 Å². The maximum Gasteiger partial charge on any atom is 0.513 e. The highest BCUT2D eigenvalue weighted by atomic mass is 79.9. The SMILES string of the molecule is CCOC(=O)Oc1ccccc1-c1c(Cc2ccc(OC)c(OC)c2)c2n(c1Br)CCc1cc(OC)c(OC)cc1-2. The minimum Gasteiger partial charge on any atom is -0.493 e. The van der Waals surface area contributed by atoms with E-state index < -0.39 is 6.16 Å². The minimum atomic E-state index is -0.747. The molecule has 0 aliphatic carbocycles. The largest absolute Gasteiger partial charge is 0.513 e. The van der Waals surface area contributed by atoms with E-state index in [-0.39, 0.29) is 6.61 Å². The highest BCUT2D eigenvalue weighted by Gasteiger charge is 2.30. The summed E-state index contributed by atoms with van der Waals surface area (Å²) in [5.74, 6) is 3.07. The Morgan fingerprint density at radius 1 is 0.829 bits per heavy atom. The molecule has 0 unspecified atom stereocenters. The molecule has 1 aliphatic rings. The fraction of sp³-hybridized carbons (Fsp3) is 0.281. The zero-order chi connectivity index (χ0) is 29.1. The molecular formula is C32H32BrNO7. The number of methoxy groups -OCH3 is 4. The van der Waals surface area contributed by atoms with Crippen molar-refractivity contribution in [3.63, 3.8) is 0 Å². The normalized spacial score (nSPS) is 11.8.